The van der Waals surface area contributed by atoms with E-state index in [2.05, 4.69) is 9.87 Å². The van der Waals surface area contributed by atoms with Gasteiger partial charge in [-0.2, -0.15) is 5.26 Å². The molecule has 0 fully saturated rings. The third-order valence-corrected chi connectivity index (χ3v) is 4.51. The minimum absolute atomic E-state index is 0.145. The number of aromatic nitrogens is 1. The largest absolute Gasteiger partial charge is 0.505 e. The summed E-state index contributed by atoms with van der Waals surface area (Å²) in [7, 11) is 0. The van der Waals surface area contributed by atoms with Gasteiger partial charge in [-0.05, 0) is 17.5 Å². The van der Waals surface area contributed by atoms with Gasteiger partial charge in [0.25, 0.3) is 0 Å². The van der Waals surface area contributed by atoms with Crippen molar-refractivity contribution < 1.29 is 20.0 Å². The number of nitrogens with zero attached hydrogens (tertiary/aromatic N) is 1. The Hall–Kier alpha value is -3.15. The van der Waals surface area contributed by atoms with Crippen LogP contribution in [0.2, 0.25) is 5.02 Å². The molecule has 26 heavy (non-hydrogen) atoms. The second-order valence-corrected chi connectivity index (χ2v) is 6.19. The summed E-state index contributed by atoms with van der Waals surface area (Å²) in [5, 5.41) is 22.2. The summed E-state index contributed by atoms with van der Waals surface area (Å²) in [6, 6.07) is 17.8. The van der Waals surface area contributed by atoms with Gasteiger partial charge in [0.15, 0.2) is 5.75 Å². The van der Waals surface area contributed by atoms with Crippen LogP contribution in [0.4, 0.5) is 0 Å². The highest BCUT2D eigenvalue weighted by Gasteiger charge is 2.23. The highest BCUT2D eigenvalue weighted by Crippen LogP contribution is 2.38. The fraction of sp³-hybridized carbons (Fsp3) is 0. The van der Waals surface area contributed by atoms with E-state index in [4.69, 9.17) is 16.9 Å². The van der Waals surface area contributed by atoms with Gasteiger partial charge in [0, 0.05) is 21.4 Å². The second kappa shape index (κ2) is 6.29. The van der Waals surface area contributed by atoms with Crippen molar-refractivity contribution in [2.45, 2.75) is 0 Å². The molecule has 1 aromatic heterocycles. The Morgan fingerprint density at radius 2 is 1.69 bits per heavy atom. The van der Waals surface area contributed by atoms with E-state index in [0.717, 1.165) is 10.8 Å². The quantitative estimate of drug-likeness (QED) is 0.295. The van der Waals surface area contributed by atoms with Crippen molar-refractivity contribution in [3.8, 4) is 17.0 Å². The Morgan fingerprint density at radius 1 is 0.962 bits per heavy atom. The van der Waals surface area contributed by atoms with E-state index in [0.29, 0.717) is 21.5 Å². The van der Waals surface area contributed by atoms with Crippen LogP contribution in [0, 0.1) is 0 Å². The van der Waals surface area contributed by atoms with Crippen LogP contribution in [0.5, 0.6) is 5.75 Å². The average molecular weight is 366 g/mol. The van der Waals surface area contributed by atoms with Crippen molar-refractivity contribution in [2.75, 3.05) is 0 Å². The van der Waals surface area contributed by atoms with Gasteiger partial charge in [-0.25, -0.2) is 9.78 Å². The number of carbonyl (C=O) groups excluding carboxylic acids is 1. The first kappa shape index (κ1) is 16.3. The zero-order chi connectivity index (χ0) is 18.3. The lowest BCUT2D eigenvalue weighted by Gasteiger charge is -2.13. The molecule has 0 aliphatic heterocycles. The number of aromatic hydroxyl groups is 1. The summed E-state index contributed by atoms with van der Waals surface area (Å²) in [4.78, 5) is 20.6. The average Bonchev–Trinajstić information content (AvgIpc) is 2.67. The van der Waals surface area contributed by atoms with Crippen molar-refractivity contribution >= 4 is 39.2 Å². The van der Waals surface area contributed by atoms with Crippen LogP contribution in [0.1, 0.15) is 10.4 Å². The van der Waals surface area contributed by atoms with E-state index in [-0.39, 0.29) is 17.0 Å². The van der Waals surface area contributed by atoms with Gasteiger partial charge >= 0.3 is 5.97 Å². The molecule has 2 N–H and O–H groups in total. The van der Waals surface area contributed by atoms with Crippen LogP contribution in [-0.2, 0) is 4.89 Å². The number of hydrogen-bond donors (Lipinski definition) is 2. The molecule has 0 saturated heterocycles. The van der Waals surface area contributed by atoms with Crippen molar-refractivity contribution in [3.05, 3.63) is 71.2 Å². The van der Waals surface area contributed by atoms with Crippen LogP contribution >= 0.6 is 11.6 Å². The Kier molecular flexibility index (Phi) is 3.95. The molecule has 5 nitrogen and oxygen atoms in total. The second-order valence-electron chi connectivity index (χ2n) is 5.75. The predicted molar refractivity (Wildman–Crippen MR) is 99.4 cm³/mol. The lowest BCUT2D eigenvalue weighted by molar-refractivity contribution is -0.182. The van der Waals surface area contributed by atoms with E-state index in [1.54, 1.807) is 30.3 Å². The van der Waals surface area contributed by atoms with Gasteiger partial charge in [-0.15, -0.1) is 0 Å². The minimum atomic E-state index is -1.06. The normalized spacial score (nSPS) is 11.0. The Bertz CT molecular complexity index is 1160. The summed E-state index contributed by atoms with van der Waals surface area (Å²) in [5.74, 6) is -1.42. The summed E-state index contributed by atoms with van der Waals surface area (Å²) in [6.45, 7) is 0. The maximum Gasteiger partial charge on any atom is 0.377 e. The van der Waals surface area contributed by atoms with E-state index in [9.17, 15) is 9.90 Å². The van der Waals surface area contributed by atoms with Gasteiger partial charge in [0.1, 0.15) is 11.3 Å². The molecule has 0 amide bonds. The molecule has 3 aromatic carbocycles. The molecule has 0 bridgehead atoms. The van der Waals surface area contributed by atoms with Crippen molar-refractivity contribution in [1.29, 1.82) is 0 Å². The Balaban J connectivity index is 2.15. The highest BCUT2D eigenvalue weighted by molar-refractivity contribution is 6.30. The number of halogens is 1. The molecule has 0 aliphatic carbocycles. The van der Waals surface area contributed by atoms with Crippen LogP contribution in [0.15, 0.2) is 60.7 Å². The van der Waals surface area contributed by atoms with Crippen LogP contribution in [0.3, 0.4) is 0 Å². The van der Waals surface area contributed by atoms with E-state index >= 15 is 0 Å². The minimum Gasteiger partial charge on any atom is -0.505 e. The number of hydrogen-bond acceptors (Lipinski definition) is 5. The zero-order valence-electron chi connectivity index (χ0n) is 13.3. The van der Waals surface area contributed by atoms with Crippen LogP contribution in [0.25, 0.3) is 32.9 Å². The maximum absolute atomic E-state index is 12.1. The molecule has 0 aliphatic rings. The van der Waals surface area contributed by atoms with Gasteiger partial charge in [-0.3, -0.25) is 4.89 Å². The van der Waals surface area contributed by atoms with E-state index in [1.807, 2.05) is 30.3 Å². The lowest BCUT2D eigenvalue weighted by atomic mass is 9.99. The maximum atomic E-state index is 12.1. The molecule has 1 heterocycles. The number of fused-ring (bicyclic) bond motifs is 3. The van der Waals surface area contributed by atoms with Gasteiger partial charge in [0.2, 0.25) is 0 Å². The highest BCUT2D eigenvalue weighted by atomic mass is 35.5. The molecule has 0 atom stereocenters. The summed E-state index contributed by atoms with van der Waals surface area (Å²) in [6.07, 6.45) is 0. The van der Waals surface area contributed by atoms with Gasteiger partial charge in [-0.1, -0.05) is 60.1 Å². The van der Waals surface area contributed by atoms with E-state index < -0.39 is 5.97 Å². The number of carbonyl (C=O) groups is 1. The fourth-order valence-electron chi connectivity index (χ4n) is 3.05. The Labute approximate surface area is 153 Å². The van der Waals surface area contributed by atoms with E-state index in [1.165, 1.54) is 0 Å². The van der Waals surface area contributed by atoms with Crippen LogP contribution in [-0.4, -0.2) is 21.3 Å². The predicted octanol–water partition coefficient (Wildman–Crippen LogP) is 5.04. The number of benzene rings is 3. The molecule has 0 saturated carbocycles. The summed E-state index contributed by atoms with van der Waals surface area (Å²) in [5.41, 5.74) is 1.15. The van der Waals surface area contributed by atoms with Crippen molar-refractivity contribution in [3.63, 3.8) is 0 Å². The van der Waals surface area contributed by atoms with Gasteiger partial charge in [0.05, 0.1) is 5.52 Å². The lowest BCUT2D eigenvalue weighted by Crippen LogP contribution is -2.05. The molecule has 0 spiro atoms. The topological polar surface area (TPSA) is 79.7 Å². The smallest absolute Gasteiger partial charge is 0.377 e. The Morgan fingerprint density at radius 3 is 2.42 bits per heavy atom. The third-order valence-electron chi connectivity index (χ3n) is 4.26. The van der Waals surface area contributed by atoms with Crippen molar-refractivity contribution in [1.82, 2.24) is 4.98 Å². The molecular weight excluding hydrogens is 354 g/mol. The van der Waals surface area contributed by atoms with Crippen molar-refractivity contribution in [2.24, 2.45) is 0 Å². The first-order valence-corrected chi connectivity index (χ1v) is 8.14. The molecule has 0 radical (unpaired) electrons. The molecular formula is C20H12ClNO4. The monoisotopic (exact) mass is 365 g/mol. The fourth-order valence-corrected chi connectivity index (χ4v) is 3.18. The summed E-state index contributed by atoms with van der Waals surface area (Å²) < 4.78 is 0. The third kappa shape index (κ3) is 2.54. The molecule has 4 rings (SSSR count). The van der Waals surface area contributed by atoms with Gasteiger partial charge < -0.3 is 5.11 Å². The van der Waals surface area contributed by atoms with Crippen LogP contribution < -0.4 is 0 Å². The standard InChI is InChI=1S/C20H12ClNO4/c21-13-8-5-12(6-9-13)17-19(23)16(20(24)26-25)15-10-7-11-3-1-2-4-14(11)18(15)22-17/h1-10,23,25H. The molecule has 6 heteroatoms. The zero-order valence-corrected chi connectivity index (χ0v) is 14.1. The number of pyridine rings is 1. The first-order valence-electron chi connectivity index (χ1n) is 7.76. The molecule has 128 valence electrons. The molecule has 4 aromatic rings. The summed E-state index contributed by atoms with van der Waals surface area (Å²) >= 11 is 5.93. The first-order chi connectivity index (χ1) is 12.6. The SMILES string of the molecule is O=C(OO)c1c(O)c(-c2ccc(Cl)cc2)nc2c1ccc1ccccc12. The molecule has 0 unspecified atom stereocenters. The number of rotatable bonds is 2.